The zero-order valence-electron chi connectivity index (χ0n) is 17.7. The lowest BCUT2D eigenvalue weighted by Gasteiger charge is -2.12. The first kappa shape index (κ1) is 24.3. The van der Waals surface area contributed by atoms with Crippen LogP contribution in [0.2, 0.25) is 10.0 Å². The molecule has 0 spiro atoms. The van der Waals surface area contributed by atoms with Gasteiger partial charge < -0.3 is 19.5 Å². The Hall–Kier alpha value is -3.30. The zero-order chi connectivity index (χ0) is 24.0. The van der Waals surface area contributed by atoms with Crippen molar-refractivity contribution in [3.05, 3.63) is 68.7 Å². The summed E-state index contributed by atoms with van der Waals surface area (Å²) >= 11 is 11.8. The summed E-state index contributed by atoms with van der Waals surface area (Å²) in [6.45, 7) is -0.171. The normalized spacial score (nSPS) is 10.6. The fraction of sp³-hybridized carbons (Fsp3) is 0.227. The Labute approximate surface area is 198 Å². The number of hydrogen-bond acceptors (Lipinski definition) is 6. The van der Waals surface area contributed by atoms with Crippen LogP contribution in [-0.2, 0) is 11.3 Å². The molecule has 0 aliphatic carbocycles. The van der Waals surface area contributed by atoms with E-state index in [1.54, 1.807) is 31.4 Å². The van der Waals surface area contributed by atoms with Gasteiger partial charge in [0.1, 0.15) is 17.3 Å². The van der Waals surface area contributed by atoms with Gasteiger partial charge in [0.05, 0.1) is 36.5 Å². The second-order valence-electron chi connectivity index (χ2n) is 6.68. The average Bonchev–Trinajstić information content (AvgIpc) is 2.79. The van der Waals surface area contributed by atoms with E-state index in [0.717, 1.165) is 12.1 Å². The number of carbonyl (C=O) groups is 1. The third-order valence-electron chi connectivity index (χ3n) is 4.51. The van der Waals surface area contributed by atoms with Crippen LogP contribution in [-0.4, -0.2) is 43.1 Å². The van der Waals surface area contributed by atoms with E-state index in [-0.39, 0.29) is 34.4 Å². The summed E-state index contributed by atoms with van der Waals surface area (Å²) in [5, 5.41) is 6.88. The van der Waals surface area contributed by atoms with Gasteiger partial charge in [-0.05, 0) is 36.4 Å². The first-order chi connectivity index (χ1) is 15.8. The third kappa shape index (κ3) is 6.15. The lowest BCUT2D eigenvalue weighted by Crippen LogP contribution is -2.34. The maximum atomic E-state index is 13.2. The molecule has 0 unspecified atom stereocenters. The molecule has 0 saturated heterocycles. The maximum Gasteiger partial charge on any atom is 0.266 e. The van der Waals surface area contributed by atoms with Gasteiger partial charge >= 0.3 is 0 Å². The molecule has 174 valence electrons. The molecule has 33 heavy (non-hydrogen) atoms. The number of rotatable bonds is 9. The molecule has 0 atom stereocenters. The topological polar surface area (TPSA) is 91.7 Å². The van der Waals surface area contributed by atoms with E-state index < -0.39 is 18.3 Å². The van der Waals surface area contributed by atoms with Crippen LogP contribution in [0.3, 0.4) is 0 Å². The molecule has 8 nitrogen and oxygen atoms in total. The van der Waals surface area contributed by atoms with Crippen LogP contribution < -0.4 is 25.1 Å². The van der Waals surface area contributed by atoms with Crippen molar-refractivity contribution in [2.45, 2.75) is 6.54 Å². The van der Waals surface area contributed by atoms with Crippen molar-refractivity contribution in [2.75, 3.05) is 27.4 Å². The van der Waals surface area contributed by atoms with Crippen LogP contribution in [0.1, 0.15) is 0 Å². The fourth-order valence-electron chi connectivity index (χ4n) is 2.92. The van der Waals surface area contributed by atoms with Crippen molar-refractivity contribution >= 4 is 29.1 Å². The number of methoxy groups -OCH3 is 2. The van der Waals surface area contributed by atoms with Crippen LogP contribution in [0, 0.1) is 5.82 Å². The molecule has 0 bridgehead atoms. The summed E-state index contributed by atoms with van der Waals surface area (Å²) in [5.74, 6) is 0.0856. The summed E-state index contributed by atoms with van der Waals surface area (Å²) in [6.07, 6.45) is 0. The van der Waals surface area contributed by atoms with Crippen LogP contribution in [0.25, 0.3) is 11.3 Å². The minimum atomic E-state index is -0.617. The molecule has 1 N–H and O–H groups in total. The van der Waals surface area contributed by atoms with Crippen molar-refractivity contribution in [1.82, 2.24) is 15.1 Å². The molecule has 1 heterocycles. The van der Waals surface area contributed by atoms with E-state index in [1.165, 1.54) is 17.9 Å². The van der Waals surface area contributed by atoms with Gasteiger partial charge in [-0.3, -0.25) is 9.59 Å². The standard InChI is InChI=1S/C22H20Cl2FN3O5/c1-31-14-3-5-19(32-2)15(11-14)18-4-6-21(30)28(27-18)8-7-26-20(29)12-33-22-16(23)9-13(25)10-17(22)24/h3-6,9-11H,7-8,12H2,1-2H3,(H,26,29). The number of hydrogen-bond donors (Lipinski definition) is 1. The van der Waals surface area contributed by atoms with E-state index in [1.807, 2.05) is 0 Å². The van der Waals surface area contributed by atoms with E-state index in [2.05, 4.69) is 10.4 Å². The molecule has 2 aromatic carbocycles. The molecule has 0 fully saturated rings. The van der Waals surface area contributed by atoms with Crippen molar-refractivity contribution in [3.63, 3.8) is 0 Å². The van der Waals surface area contributed by atoms with Gasteiger partial charge in [0.15, 0.2) is 12.4 Å². The van der Waals surface area contributed by atoms with Crippen LogP contribution in [0.5, 0.6) is 17.2 Å². The molecule has 0 aliphatic rings. The van der Waals surface area contributed by atoms with Gasteiger partial charge in [0.2, 0.25) is 0 Å². The number of aromatic nitrogens is 2. The molecule has 0 aliphatic heterocycles. The molecule has 0 saturated carbocycles. The first-order valence-electron chi connectivity index (χ1n) is 9.67. The minimum absolute atomic E-state index is 0.00714. The smallest absolute Gasteiger partial charge is 0.266 e. The number of amides is 1. The Bertz CT molecular complexity index is 1200. The lowest BCUT2D eigenvalue weighted by atomic mass is 10.1. The molecule has 1 amide bonds. The van der Waals surface area contributed by atoms with Gasteiger partial charge in [-0.25, -0.2) is 9.07 Å². The molecule has 1 aromatic heterocycles. The molecular weight excluding hydrogens is 476 g/mol. The highest BCUT2D eigenvalue weighted by Crippen LogP contribution is 2.34. The number of nitrogens with one attached hydrogen (secondary N) is 1. The van der Waals surface area contributed by atoms with Crippen LogP contribution in [0.4, 0.5) is 4.39 Å². The van der Waals surface area contributed by atoms with Crippen LogP contribution >= 0.6 is 23.2 Å². The Morgan fingerprint density at radius 1 is 1.09 bits per heavy atom. The zero-order valence-corrected chi connectivity index (χ0v) is 19.2. The largest absolute Gasteiger partial charge is 0.497 e. The van der Waals surface area contributed by atoms with Gasteiger partial charge in [0, 0.05) is 18.2 Å². The second kappa shape index (κ2) is 11.0. The summed E-state index contributed by atoms with van der Waals surface area (Å²) in [5.41, 5.74) is 0.813. The lowest BCUT2D eigenvalue weighted by molar-refractivity contribution is -0.123. The van der Waals surface area contributed by atoms with Crippen molar-refractivity contribution < 1.29 is 23.4 Å². The average molecular weight is 496 g/mol. The third-order valence-corrected chi connectivity index (χ3v) is 5.07. The summed E-state index contributed by atoms with van der Waals surface area (Å²) in [4.78, 5) is 24.3. The Kier molecular flexibility index (Phi) is 8.13. The molecular formula is C22H20Cl2FN3O5. The van der Waals surface area contributed by atoms with Crippen LogP contribution in [0.15, 0.2) is 47.3 Å². The Balaban J connectivity index is 1.63. The quantitative estimate of drug-likeness (QED) is 0.487. The Morgan fingerprint density at radius 3 is 2.48 bits per heavy atom. The van der Waals surface area contributed by atoms with E-state index in [9.17, 15) is 14.0 Å². The molecule has 0 radical (unpaired) electrons. The highest BCUT2D eigenvalue weighted by molar-refractivity contribution is 6.37. The number of ether oxygens (including phenoxy) is 3. The number of halogens is 3. The molecule has 3 aromatic rings. The maximum absolute atomic E-state index is 13.2. The highest BCUT2D eigenvalue weighted by Gasteiger charge is 2.13. The second-order valence-corrected chi connectivity index (χ2v) is 7.50. The summed E-state index contributed by atoms with van der Waals surface area (Å²) < 4.78 is 30.4. The van der Waals surface area contributed by atoms with Crippen molar-refractivity contribution in [2.24, 2.45) is 0 Å². The van der Waals surface area contributed by atoms with E-state index >= 15 is 0 Å². The fourth-order valence-corrected chi connectivity index (χ4v) is 3.49. The molecule has 3 rings (SSSR count). The monoisotopic (exact) mass is 495 g/mol. The SMILES string of the molecule is COc1ccc(OC)c(-c2ccc(=O)n(CCNC(=O)COc3c(Cl)cc(F)cc3Cl)n2)c1. The van der Waals surface area contributed by atoms with E-state index in [0.29, 0.717) is 22.8 Å². The number of nitrogens with zero attached hydrogens (tertiary/aromatic N) is 2. The minimum Gasteiger partial charge on any atom is -0.497 e. The predicted molar refractivity (Wildman–Crippen MR) is 122 cm³/mol. The van der Waals surface area contributed by atoms with E-state index in [4.69, 9.17) is 37.4 Å². The summed E-state index contributed by atoms with van der Waals surface area (Å²) in [7, 11) is 3.08. The number of carbonyl (C=O) groups excluding carboxylic acids is 1. The summed E-state index contributed by atoms with van der Waals surface area (Å²) in [6, 6.07) is 10.3. The van der Waals surface area contributed by atoms with Gasteiger partial charge in [-0.2, -0.15) is 5.10 Å². The van der Waals surface area contributed by atoms with Crippen molar-refractivity contribution in [3.8, 4) is 28.5 Å². The van der Waals surface area contributed by atoms with Gasteiger partial charge in [-0.1, -0.05) is 23.2 Å². The number of benzene rings is 2. The van der Waals surface area contributed by atoms with Crippen molar-refractivity contribution in [1.29, 1.82) is 0 Å². The molecule has 11 heteroatoms. The van der Waals surface area contributed by atoms with Gasteiger partial charge in [-0.15, -0.1) is 0 Å². The first-order valence-corrected chi connectivity index (χ1v) is 10.4. The predicted octanol–water partition coefficient (Wildman–Crippen LogP) is 3.57. The highest BCUT2D eigenvalue weighted by atomic mass is 35.5. The Morgan fingerprint density at radius 2 is 1.82 bits per heavy atom. The van der Waals surface area contributed by atoms with Gasteiger partial charge in [0.25, 0.3) is 11.5 Å².